The van der Waals surface area contributed by atoms with Crippen LogP contribution in [0.1, 0.15) is 15.9 Å². The fourth-order valence-electron chi connectivity index (χ4n) is 2.48. The van der Waals surface area contributed by atoms with E-state index in [1.807, 2.05) is 13.0 Å². The van der Waals surface area contributed by atoms with Gasteiger partial charge in [-0.15, -0.1) is 0 Å². The molecular weight excluding hydrogens is 551 g/mol. The molecule has 0 saturated carbocycles. The summed E-state index contributed by atoms with van der Waals surface area (Å²) in [5, 5.41) is 43.0. The van der Waals surface area contributed by atoms with Crippen LogP contribution in [0.2, 0.25) is 0 Å². The third-order valence-electron chi connectivity index (χ3n) is 4.03. The fourth-order valence-corrected chi connectivity index (χ4v) is 3.26. The van der Waals surface area contributed by atoms with Crippen LogP contribution in [0.4, 0.5) is 8.78 Å². The highest BCUT2D eigenvalue weighted by molar-refractivity contribution is 14.1. The van der Waals surface area contributed by atoms with Crippen molar-refractivity contribution in [3.05, 3.63) is 87.0 Å². The van der Waals surface area contributed by atoms with Gasteiger partial charge in [-0.25, -0.2) is 13.6 Å². The molecule has 0 radical (unpaired) electrons. The molecule has 3 rings (SSSR count). The smallest absolute Gasteiger partial charge is 0.491 e. The van der Waals surface area contributed by atoms with Gasteiger partial charge in [-0.05, 0) is 70.9 Å². The van der Waals surface area contributed by atoms with Crippen LogP contribution < -0.4 is 15.7 Å². The number of benzene rings is 3. The molecule has 5 N–H and O–H groups in total. The summed E-state index contributed by atoms with van der Waals surface area (Å²) >= 11 is 2.08. The van der Waals surface area contributed by atoms with Gasteiger partial charge in [0.2, 0.25) is 0 Å². The van der Waals surface area contributed by atoms with Gasteiger partial charge in [0.25, 0.3) is 0 Å². The molecule has 7 nitrogen and oxygen atoms in total. The van der Waals surface area contributed by atoms with E-state index < -0.39 is 26.0 Å². The predicted octanol–water partition coefficient (Wildman–Crippen LogP) is 1.32. The van der Waals surface area contributed by atoms with Crippen LogP contribution >= 0.6 is 22.6 Å². The predicted molar refractivity (Wildman–Crippen MR) is 130 cm³/mol. The van der Waals surface area contributed by atoms with E-state index in [-0.39, 0.29) is 16.8 Å². The highest BCUT2D eigenvalue weighted by Crippen LogP contribution is 2.25. The quantitative estimate of drug-likeness (QED) is 0.236. The molecule has 0 heterocycles. The first kappa shape index (κ1) is 28.5. The largest absolute Gasteiger partial charge is 0.496 e. The van der Waals surface area contributed by atoms with Gasteiger partial charge in [0.1, 0.15) is 22.9 Å². The lowest BCUT2D eigenvalue weighted by molar-refractivity contribution is 0.0693. The summed E-state index contributed by atoms with van der Waals surface area (Å²) in [5.41, 5.74) is 1.25. The molecule has 0 aliphatic heterocycles. The van der Waals surface area contributed by atoms with Gasteiger partial charge >= 0.3 is 20.2 Å². The average molecular weight is 572 g/mol. The number of ether oxygens (including phenoxy) is 1. The Hall–Kier alpha value is -2.51. The number of aryl methyl sites for hydroxylation is 1. The van der Waals surface area contributed by atoms with Crippen LogP contribution in [0, 0.1) is 22.1 Å². The Morgan fingerprint density at radius 2 is 1.52 bits per heavy atom. The first-order chi connectivity index (χ1) is 15.5. The van der Waals surface area contributed by atoms with E-state index in [0.717, 1.165) is 9.13 Å². The molecule has 0 saturated heterocycles. The number of carboxylic acid groups (broad SMARTS) is 1. The molecule has 0 spiro atoms. The minimum atomic E-state index is -1.72. The molecule has 0 bridgehead atoms. The van der Waals surface area contributed by atoms with Gasteiger partial charge in [0, 0.05) is 9.03 Å². The van der Waals surface area contributed by atoms with Crippen LogP contribution in [-0.4, -0.2) is 52.5 Å². The van der Waals surface area contributed by atoms with Crippen LogP contribution in [0.3, 0.4) is 0 Å². The topological polar surface area (TPSA) is 127 Å². The summed E-state index contributed by atoms with van der Waals surface area (Å²) in [6, 6.07) is 14.0. The van der Waals surface area contributed by atoms with Crippen molar-refractivity contribution in [2.45, 2.75) is 6.92 Å². The molecule has 174 valence electrons. The number of rotatable bonds is 4. The van der Waals surface area contributed by atoms with Gasteiger partial charge in [0.15, 0.2) is 0 Å². The van der Waals surface area contributed by atoms with Gasteiger partial charge in [-0.2, -0.15) is 0 Å². The number of hydrogen-bond donors (Lipinski definition) is 5. The Morgan fingerprint density at radius 1 is 0.939 bits per heavy atom. The van der Waals surface area contributed by atoms with Crippen molar-refractivity contribution in [3.8, 4) is 5.75 Å². The summed E-state index contributed by atoms with van der Waals surface area (Å²) < 4.78 is 30.6. The summed E-state index contributed by atoms with van der Waals surface area (Å²) in [6.07, 6.45) is 0. The standard InChI is InChI=1S/C9H9IO3.2C6H6BFO2/c1-5-3-6(10)4-7(9(11)12)8(5)13-2;8-6-3-1-5(2-4-6)7(9)10;8-6-4-2-1-3-5(6)7(9)10/h3-4H,1-2H3,(H,11,12);2*1-4,9-10H. The van der Waals surface area contributed by atoms with E-state index in [2.05, 4.69) is 22.6 Å². The first-order valence-corrected chi connectivity index (χ1v) is 10.3. The third-order valence-corrected chi connectivity index (χ3v) is 4.65. The number of hydrogen-bond acceptors (Lipinski definition) is 6. The molecule has 0 amide bonds. The average Bonchev–Trinajstić information content (AvgIpc) is 2.74. The number of halogens is 3. The maximum absolute atomic E-state index is 12.5. The maximum atomic E-state index is 12.5. The normalized spacial score (nSPS) is 9.61. The Kier molecular flexibility index (Phi) is 12.0. The van der Waals surface area contributed by atoms with Crippen molar-refractivity contribution < 1.29 is 43.5 Å². The molecule has 0 aliphatic rings. The van der Waals surface area contributed by atoms with Crippen molar-refractivity contribution in [2.24, 2.45) is 0 Å². The van der Waals surface area contributed by atoms with Gasteiger partial charge in [-0.3, -0.25) is 0 Å². The van der Waals surface area contributed by atoms with Crippen molar-refractivity contribution in [3.63, 3.8) is 0 Å². The Labute approximate surface area is 203 Å². The highest BCUT2D eigenvalue weighted by Gasteiger charge is 2.15. The van der Waals surface area contributed by atoms with E-state index in [9.17, 15) is 13.6 Å². The second-order valence-corrected chi connectivity index (χ2v) is 7.67. The lowest BCUT2D eigenvalue weighted by atomic mass is 9.80. The Bertz CT molecular complexity index is 1050. The maximum Gasteiger partial charge on any atom is 0.491 e. The number of methoxy groups -OCH3 is 1. The molecule has 0 fully saturated rings. The van der Waals surface area contributed by atoms with E-state index in [4.69, 9.17) is 29.9 Å². The van der Waals surface area contributed by atoms with Crippen molar-refractivity contribution >= 4 is 53.7 Å². The van der Waals surface area contributed by atoms with Crippen molar-refractivity contribution in [2.75, 3.05) is 7.11 Å². The third kappa shape index (κ3) is 9.48. The molecular formula is C21H21B2F2IO7. The number of carboxylic acids is 1. The van der Waals surface area contributed by atoms with Gasteiger partial charge < -0.3 is 29.9 Å². The molecule has 3 aromatic carbocycles. The van der Waals surface area contributed by atoms with Crippen LogP contribution in [-0.2, 0) is 0 Å². The fraction of sp³-hybridized carbons (Fsp3) is 0.0952. The van der Waals surface area contributed by atoms with Crippen LogP contribution in [0.25, 0.3) is 0 Å². The van der Waals surface area contributed by atoms with Gasteiger partial charge in [0.05, 0.1) is 7.11 Å². The zero-order chi connectivity index (χ0) is 25.1. The van der Waals surface area contributed by atoms with E-state index >= 15 is 0 Å². The number of aromatic carboxylic acids is 1. The molecule has 0 aliphatic carbocycles. The van der Waals surface area contributed by atoms with E-state index in [0.29, 0.717) is 11.2 Å². The summed E-state index contributed by atoms with van der Waals surface area (Å²) in [7, 11) is -1.76. The van der Waals surface area contributed by atoms with Crippen molar-refractivity contribution in [1.29, 1.82) is 0 Å². The second kappa shape index (κ2) is 13.9. The van der Waals surface area contributed by atoms with Gasteiger partial charge in [-0.1, -0.05) is 30.3 Å². The lowest BCUT2D eigenvalue weighted by Gasteiger charge is -2.08. The zero-order valence-electron chi connectivity index (χ0n) is 17.6. The SMILES string of the molecule is COc1c(C)cc(I)cc1C(=O)O.OB(O)c1ccc(F)cc1.OB(O)c1ccccc1F. The Balaban J connectivity index is 0.000000251. The molecule has 3 aromatic rings. The minimum absolute atomic E-state index is 0.0949. The van der Waals surface area contributed by atoms with E-state index in [1.54, 1.807) is 6.07 Å². The zero-order valence-corrected chi connectivity index (χ0v) is 19.8. The molecule has 33 heavy (non-hydrogen) atoms. The lowest BCUT2D eigenvalue weighted by Crippen LogP contribution is -2.32. The monoisotopic (exact) mass is 572 g/mol. The van der Waals surface area contributed by atoms with Crippen LogP contribution in [0.15, 0.2) is 60.7 Å². The summed E-state index contributed by atoms with van der Waals surface area (Å²) in [5.74, 6) is -1.51. The van der Waals surface area contributed by atoms with E-state index in [1.165, 1.54) is 55.6 Å². The summed E-state index contributed by atoms with van der Waals surface area (Å²) in [4.78, 5) is 10.8. The molecule has 0 aromatic heterocycles. The molecule has 12 heteroatoms. The van der Waals surface area contributed by atoms with Crippen molar-refractivity contribution in [1.82, 2.24) is 0 Å². The molecule has 0 unspecified atom stereocenters. The molecule has 0 atom stereocenters. The second-order valence-electron chi connectivity index (χ2n) is 6.43. The Morgan fingerprint density at radius 3 is 1.94 bits per heavy atom. The summed E-state index contributed by atoms with van der Waals surface area (Å²) in [6.45, 7) is 1.83. The first-order valence-electron chi connectivity index (χ1n) is 9.27. The van der Waals surface area contributed by atoms with Crippen LogP contribution in [0.5, 0.6) is 5.75 Å². The highest BCUT2D eigenvalue weighted by atomic mass is 127. The number of carbonyl (C=O) groups is 1. The minimum Gasteiger partial charge on any atom is -0.496 e.